The van der Waals surface area contributed by atoms with E-state index in [0.717, 1.165) is 31.7 Å². The van der Waals surface area contributed by atoms with E-state index in [9.17, 15) is 4.79 Å². The van der Waals surface area contributed by atoms with Gasteiger partial charge in [-0.25, -0.2) is 0 Å². The molecule has 1 aromatic carbocycles. The monoisotopic (exact) mass is 295 g/mol. The molecule has 0 aromatic heterocycles. The van der Waals surface area contributed by atoms with Crippen LogP contribution < -0.4 is 11.1 Å². The van der Waals surface area contributed by atoms with E-state index in [0.29, 0.717) is 17.4 Å². The van der Waals surface area contributed by atoms with Gasteiger partial charge >= 0.3 is 0 Å². The van der Waals surface area contributed by atoms with E-state index >= 15 is 0 Å². The number of anilines is 1. The highest BCUT2D eigenvalue weighted by molar-refractivity contribution is 6.30. The second-order valence-corrected chi connectivity index (χ2v) is 6.11. The summed E-state index contributed by atoms with van der Waals surface area (Å²) in [4.78, 5) is 14.2. The third-order valence-corrected chi connectivity index (χ3v) is 3.77. The molecule has 1 saturated heterocycles. The zero-order valence-corrected chi connectivity index (χ0v) is 12.6. The van der Waals surface area contributed by atoms with E-state index in [1.807, 2.05) is 12.1 Å². The molecule has 2 rings (SSSR count). The summed E-state index contributed by atoms with van der Waals surface area (Å²) < 4.78 is 0. The molecule has 1 aromatic rings. The van der Waals surface area contributed by atoms with E-state index < -0.39 is 0 Å². The van der Waals surface area contributed by atoms with E-state index in [-0.39, 0.29) is 11.9 Å². The summed E-state index contributed by atoms with van der Waals surface area (Å²) in [7, 11) is 0. The van der Waals surface area contributed by atoms with Crippen LogP contribution in [0, 0.1) is 5.92 Å². The number of nitrogens with one attached hydrogen (secondary N) is 1. The van der Waals surface area contributed by atoms with Gasteiger partial charge in [-0.05, 0) is 30.5 Å². The highest BCUT2D eigenvalue weighted by Crippen LogP contribution is 2.16. The SMILES string of the molecule is CC1CC(N)CN(CCC(=O)Nc2cccc(Cl)c2)C1. The normalized spacial score (nSPS) is 23.6. The van der Waals surface area contributed by atoms with Crippen LogP contribution >= 0.6 is 11.6 Å². The highest BCUT2D eigenvalue weighted by atomic mass is 35.5. The quantitative estimate of drug-likeness (QED) is 0.896. The zero-order chi connectivity index (χ0) is 14.5. The molecule has 1 heterocycles. The van der Waals surface area contributed by atoms with Crippen molar-refractivity contribution in [1.82, 2.24) is 4.90 Å². The minimum atomic E-state index is 0.0130. The van der Waals surface area contributed by atoms with Crippen LogP contribution in [-0.2, 0) is 4.79 Å². The van der Waals surface area contributed by atoms with Gasteiger partial charge in [0.15, 0.2) is 0 Å². The van der Waals surface area contributed by atoms with Crippen LogP contribution in [0.25, 0.3) is 0 Å². The van der Waals surface area contributed by atoms with Crippen molar-refractivity contribution in [2.45, 2.75) is 25.8 Å². The first-order valence-electron chi connectivity index (χ1n) is 7.06. The topological polar surface area (TPSA) is 58.4 Å². The summed E-state index contributed by atoms with van der Waals surface area (Å²) in [6.07, 6.45) is 1.55. The van der Waals surface area contributed by atoms with Crippen LogP contribution in [0.5, 0.6) is 0 Å². The predicted octanol–water partition coefficient (Wildman–Crippen LogP) is 2.34. The van der Waals surface area contributed by atoms with Crippen molar-refractivity contribution >= 4 is 23.2 Å². The van der Waals surface area contributed by atoms with Crippen LogP contribution in [0.2, 0.25) is 5.02 Å². The molecule has 3 N–H and O–H groups in total. The van der Waals surface area contributed by atoms with Crippen molar-refractivity contribution in [2.24, 2.45) is 11.7 Å². The first kappa shape index (κ1) is 15.3. The number of rotatable bonds is 4. The van der Waals surface area contributed by atoms with Gasteiger partial charge in [-0.1, -0.05) is 24.6 Å². The molecule has 0 saturated carbocycles. The largest absolute Gasteiger partial charge is 0.327 e. The van der Waals surface area contributed by atoms with Crippen molar-refractivity contribution in [3.63, 3.8) is 0 Å². The summed E-state index contributed by atoms with van der Waals surface area (Å²) in [5.41, 5.74) is 6.75. The van der Waals surface area contributed by atoms with Crippen molar-refractivity contribution in [3.05, 3.63) is 29.3 Å². The Hall–Kier alpha value is -1.10. The number of nitrogens with two attached hydrogens (primary N) is 1. The fraction of sp³-hybridized carbons (Fsp3) is 0.533. The molecule has 0 aliphatic carbocycles. The number of carbonyl (C=O) groups excluding carboxylic acids is 1. The number of nitrogens with zero attached hydrogens (tertiary/aromatic N) is 1. The van der Waals surface area contributed by atoms with E-state index in [2.05, 4.69) is 17.1 Å². The number of likely N-dealkylation sites (tertiary alicyclic amines) is 1. The lowest BCUT2D eigenvalue weighted by atomic mass is 9.96. The molecular weight excluding hydrogens is 274 g/mol. The summed E-state index contributed by atoms with van der Waals surface area (Å²) >= 11 is 5.89. The zero-order valence-electron chi connectivity index (χ0n) is 11.8. The molecule has 0 bridgehead atoms. The Morgan fingerprint density at radius 3 is 3.00 bits per heavy atom. The minimum Gasteiger partial charge on any atom is -0.327 e. The summed E-state index contributed by atoms with van der Waals surface area (Å²) in [6, 6.07) is 7.42. The summed E-state index contributed by atoms with van der Waals surface area (Å²) in [5.74, 6) is 0.619. The van der Waals surface area contributed by atoms with Gasteiger partial charge in [0.25, 0.3) is 0 Å². The number of hydrogen-bond donors (Lipinski definition) is 2. The number of benzene rings is 1. The molecule has 0 radical (unpaired) electrons. The van der Waals surface area contributed by atoms with Gasteiger partial charge in [-0.15, -0.1) is 0 Å². The maximum Gasteiger partial charge on any atom is 0.225 e. The Kier molecular flexibility index (Phi) is 5.40. The average molecular weight is 296 g/mol. The van der Waals surface area contributed by atoms with Crippen LogP contribution in [-0.4, -0.2) is 36.5 Å². The van der Waals surface area contributed by atoms with Crippen molar-refractivity contribution in [3.8, 4) is 0 Å². The Bertz CT molecular complexity index is 456. The molecule has 4 nitrogen and oxygen atoms in total. The number of carbonyl (C=O) groups is 1. The van der Waals surface area contributed by atoms with Crippen LogP contribution in [0.15, 0.2) is 24.3 Å². The van der Waals surface area contributed by atoms with Gasteiger partial charge in [-0.3, -0.25) is 4.79 Å². The Morgan fingerprint density at radius 1 is 1.50 bits per heavy atom. The van der Waals surface area contributed by atoms with Crippen LogP contribution in [0.4, 0.5) is 5.69 Å². The maximum absolute atomic E-state index is 11.9. The molecule has 2 unspecified atom stereocenters. The van der Waals surface area contributed by atoms with Gasteiger partial charge in [0.1, 0.15) is 0 Å². The minimum absolute atomic E-state index is 0.0130. The second-order valence-electron chi connectivity index (χ2n) is 5.67. The van der Waals surface area contributed by atoms with E-state index in [1.165, 1.54) is 0 Å². The van der Waals surface area contributed by atoms with E-state index in [4.69, 9.17) is 17.3 Å². The molecule has 1 aliphatic heterocycles. The lowest BCUT2D eigenvalue weighted by Crippen LogP contribution is -2.47. The molecule has 1 fully saturated rings. The molecular formula is C15H22ClN3O. The fourth-order valence-corrected chi connectivity index (χ4v) is 2.94. The second kappa shape index (κ2) is 7.07. The van der Waals surface area contributed by atoms with Crippen LogP contribution in [0.1, 0.15) is 19.8 Å². The van der Waals surface area contributed by atoms with Gasteiger partial charge in [-0.2, -0.15) is 0 Å². The molecule has 1 aliphatic rings. The lowest BCUT2D eigenvalue weighted by Gasteiger charge is -2.34. The number of amides is 1. The number of piperidine rings is 1. The molecule has 20 heavy (non-hydrogen) atoms. The molecule has 5 heteroatoms. The van der Waals surface area contributed by atoms with Gasteiger partial charge in [0.2, 0.25) is 5.91 Å². The third-order valence-electron chi connectivity index (χ3n) is 3.53. The average Bonchev–Trinajstić information content (AvgIpc) is 2.35. The summed E-state index contributed by atoms with van der Waals surface area (Å²) in [6.45, 7) is 4.87. The first-order chi connectivity index (χ1) is 9.52. The fourth-order valence-electron chi connectivity index (χ4n) is 2.74. The van der Waals surface area contributed by atoms with Gasteiger partial charge in [0.05, 0.1) is 0 Å². The number of halogens is 1. The Morgan fingerprint density at radius 2 is 2.30 bits per heavy atom. The molecule has 2 atom stereocenters. The van der Waals surface area contributed by atoms with Gasteiger partial charge < -0.3 is 16.0 Å². The molecule has 0 spiro atoms. The Labute approximate surface area is 125 Å². The molecule has 1 amide bonds. The maximum atomic E-state index is 11.9. The lowest BCUT2D eigenvalue weighted by molar-refractivity contribution is -0.116. The first-order valence-corrected chi connectivity index (χ1v) is 7.44. The van der Waals surface area contributed by atoms with E-state index in [1.54, 1.807) is 12.1 Å². The van der Waals surface area contributed by atoms with Gasteiger partial charge in [0, 0.05) is 42.8 Å². The third kappa shape index (κ3) is 4.78. The smallest absolute Gasteiger partial charge is 0.225 e. The van der Waals surface area contributed by atoms with Crippen molar-refractivity contribution in [2.75, 3.05) is 25.0 Å². The highest BCUT2D eigenvalue weighted by Gasteiger charge is 2.22. The summed E-state index contributed by atoms with van der Waals surface area (Å²) in [5, 5.41) is 3.49. The molecule has 110 valence electrons. The Balaban J connectivity index is 1.77. The van der Waals surface area contributed by atoms with Crippen molar-refractivity contribution in [1.29, 1.82) is 0 Å². The van der Waals surface area contributed by atoms with Crippen LogP contribution in [0.3, 0.4) is 0 Å². The standard InChI is InChI=1S/C15H22ClN3O/c1-11-7-13(17)10-19(9-11)6-5-15(20)18-14-4-2-3-12(16)8-14/h2-4,8,11,13H,5-7,9-10,17H2,1H3,(H,18,20). The predicted molar refractivity (Wildman–Crippen MR) is 82.9 cm³/mol. The van der Waals surface area contributed by atoms with Crippen molar-refractivity contribution < 1.29 is 4.79 Å². The number of hydrogen-bond acceptors (Lipinski definition) is 3.